The molecular formula is C14H12ClNO. The molecule has 0 aliphatic carbocycles. The largest absolute Gasteiger partial charge is 0.386 e. The van der Waals surface area contributed by atoms with Crippen molar-refractivity contribution in [2.45, 2.75) is 0 Å². The second kappa shape index (κ2) is 5.02. The Kier molecular flexibility index (Phi) is 3.45. The highest BCUT2D eigenvalue weighted by molar-refractivity contribution is 6.34. The molecule has 0 aromatic heterocycles. The molecule has 0 fully saturated rings. The van der Waals surface area contributed by atoms with Gasteiger partial charge < -0.3 is 5.32 Å². The Morgan fingerprint density at radius 3 is 2.41 bits per heavy atom. The van der Waals surface area contributed by atoms with Gasteiger partial charge in [0.1, 0.15) is 0 Å². The van der Waals surface area contributed by atoms with E-state index in [9.17, 15) is 4.79 Å². The van der Waals surface area contributed by atoms with E-state index >= 15 is 0 Å². The molecule has 0 aliphatic rings. The van der Waals surface area contributed by atoms with E-state index in [0.717, 1.165) is 0 Å². The van der Waals surface area contributed by atoms with Crippen LogP contribution >= 0.6 is 11.6 Å². The predicted octanol–water partition coefficient (Wildman–Crippen LogP) is 3.61. The molecule has 0 bridgehead atoms. The number of halogens is 1. The van der Waals surface area contributed by atoms with E-state index in [0.29, 0.717) is 21.8 Å². The van der Waals surface area contributed by atoms with Gasteiger partial charge >= 0.3 is 0 Å². The molecule has 0 unspecified atom stereocenters. The van der Waals surface area contributed by atoms with Crippen molar-refractivity contribution in [1.82, 2.24) is 0 Å². The fourth-order valence-electron chi connectivity index (χ4n) is 1.71. The van der Waals surface area contributed by atoms with E-state index in [1.54, 1.807) is 37.4 Å². The Labute approximate surface area is 105 Å². The number of carbonyl (C=O) groups excluding carboxylic acids is 1. The topological polar surface area (TPSA) is 29.1 Å². The van der Waals surface area contributed by atoms with Crippen LogP contribution in [0.2, 0.25) is 5.02 Å². The first-order valence-electron chi connectivity index (χ1n) is 5.30. The summed E-state index contributed by atoms with van der Waals surface area (Å²) in [6, 6.07) is 14.5. The first kappa shape index (κ1) is 11.7. The van der Waals surface area contributed by atoms with Crippen LogP contribution in [-0.4, -0.2) is 12.8 Å². The second-order valence-electron chi connectivity index (χ2n) is 3.61. The van der Waals surface area contributed by atoms with E-state index < -0.39 is 0 Å². The average molecular weight is 246 g/mol. The van der Waals surface area contributed by atoms with Gasteiger partial charge in [0.2, 0.25) is 0 Å². The van der Waals surface area contributed by atoms with E-state index in [-0.39, 0.29) is 5.78 Å². The average Bonchev–Trinajstić information content (AvgIpc) is 2.38. The van der Waals surface area contributed by atoms with Crippen LogP contribution < -0.4 is 5.32 Å². The standard InChI is InChI=1S/C14H12ClNO/c1-16-13-11(8-5-9-12(13)15)14(17)10-6-3-2-4-7-10/h2-9,16H,1H3. The van der Waals surface area contributed by atoms with Gasteiger partial charge in [-0.15, -0.1) is 0 Å². The summed E-state index contributed by atoms with van der Waals surface area (Å²) < 4.78 is 0. The van der Waals surface area contributed by atoms with Crippen molar-refractivity contribution in [3.63, 3.8) is 0 Å². The number of benzene rings is 2. The molecule has 2 aromatic rings. The monoisotopic (exact) mass is 245 g/mol. The summed E-state index contributed by atoms with van der Waals surface area (Å²) in [6.45, 7) is 0. The highest BCUT2D eigenvalue weighted by atomic mass is 35.5. The van der Waals surface area contributed by atoms with Gasteiger partial charge in [-0.25, -0.2) is 0 Å². The van der Waals surface area contributed by atoms with Crippen molar-refractivity contribution in [1.29, 1.82) is 0 Å². The third kappa shape index (κ3) is 2.32. The zero-order valence-corrected chi connectivity index (χ0v) is 10.2. The minimum atomic E-state index is -0.0301. The maximum Gasteiger partial charge on any atom is 0.195 e. The summed E-state index contributed by atoms with van der Waals surface area (Å²) in [6.07, 6.45) is 0. The molecule has 2 rings (SSSR count). The van der Waals surface area contributed by atoms with Crippen molar-refractivity contribution in [2.75, 3.05) is 12.4 Å². The summed E-state index contributed by atoms with van der Waals surface area (Å²) in [4.78, 5) is 12.3. The van der Waals surface area contributed by atoms with Gasteiger partial charge in [0.25, 0.3) is 0 Å². The van der Waals surface area contributed by atoms with Crippen molar-refractivity contribution < 1.29 is 4.79 Å². The molecule has 0 saturated carbocycles. The van der Waals surface area contributed by atoms with Gasteiger partial charge in [-0.05, 0) is 12.1 Å². The van der Waals surface area contributed by atoms with Crippen LogP contribution in [0.5, 0.6) is 0 Å². The first-order valence-corrected chi connectivity index (χ1v) is 5.68. The summed E-state index contributed by atoms with van der Waals surface area (Å²) in [5, 5.41) is 3.51. The van der Waals surface area contributed by atoms with Crippen LogP contribution in [0.1, 0.15) is 15.9 Å². The fraction of sp³-hybridized carbons (Fsp3) is 0.0714. The van der Waals surface area contributed by atoms with E-state index in [2.05, 4.69) is 5.32 Å². The lowest BCUT2D eigenvalue weighted by molar-refractivity contribution is 0.103. The quantitative estimate of drug-likeness (QED) is 0.837. The SMILES string of the molecule is CNc1c(Cl)cccc1C(=O)c1ccccc1. The third-order valence-electron chi connectivity index (χ3n) is 2.54. The van der Waals surface area contributed by atoms with Gasteiger partial charge in [-0.3, -0.25) is 4.79 Å². The Balaban J connectivity index is 2.48. The molecule has 0 aliphatic heterocycles. The van der Waals surface area contributed by atoms with Crippen LogP contribution in [0.15, 0.2) is 48.5 Å². The molecule has 2 nitrogen and oxygen atoms in total. The van der Waals surface area contributed by atoms with E-state index in [1.807, 2.05) is 18.2 Å². The summed E-state index contributed by atoms with van der Waals surface area (Å²) >= 11 is 6.05. The summed E-state index contributed by atoms with van der Waals surface area (Å²) in [7, 11) is 1.75. The van der Waals surface area contributed by atoms with Crippen molar-refractivity contribution in [3.05, 3.63) is 64.7 Å². The lowest BCUT2D eigenvalue weighted by Gasteiger charge is -2.09. The number of nitrogens with one attached hydrogen (secondary N) is 1. The second-order valence-corrected chi connectivity index (χ2v) is 4.01. The van der Waals surface area contributed by atoms with Crippen LogP contribution in [0.25, 0.3) is 0 Å². The van der Waals surface area contributed by atoms with Crippen LogP contribution in [-0.2, 0) is 0 Å². The van der Waals surface area contributed by atoms with Crippen LogP contribution in [0, 0.1) is 0 Å². The molecule has 0 heterocycles. The highest BCUT2D eigenvalue weighted by Gasteiger charge is 2.14. The molecule has 0 amide bonds. The number of hydrogen-bond acceptors (Lipinski definition) is 2. The van der Waals surface area contributed by atoms with E-state index in [4.69, 9.17) is 11.6 Å². The molecule has 0 saturated heterocycles. The van der Waals surface area contributed by atoms with Gasteiger partial charge in [-0.1, -0.05) is 48.0 Å². The van der Waals surface area contributed by atoms with Crippen molar-refractivity contribution >= 4 is 23.1 Å². The smallest absolute Gasteiger partial charge is 0.195 e. The third-order valence-corrected chi connectivity index (χ3v) is 2.86. The lowest BCUT2D eigenvalue weighted by atomic mass is 10.0. The molecule has 0 atom stereocenters. The predicted molar refractivity (Wildman–Crippen MR) is 70.9 cm³/mol. The van der Waals surface area contributed by atoms with Gasteiger partial charge in [0, 0.05) is 18.2 Å². The number of carbonyl (C=O) groups is 1. The molecule has 0 spiro atoms. The first-order chi connectivity index (χ1) is 8.24. The maximum atomic E-state index is 12.3. The molecule has 0 radical (unpaired) electrons. The molecule has 86 valence electrons. The summed E-state index contributed by atoms with van der Waals surface area (Å²) in [5.74, 6) is -0.0301. The lowest BCUT2D eigenvalue weighted by Crippen LogP contribution is -2.05. The minimum Gasteiger partial charge on any atom is -0.386 e. The number of ketones is 1. The van der Waals surface area contributed by atoms with E-state index in [1.165, 1.54) is 0 Å². The number of anilines is 1. The fourth-order valence-corrected chi connectivity index (χ4v) is 1.98. The van der Waals surface area contributed by atoms with Gasteiger partial charge in [-0.2, -0.15) is 0 Å². The maximum absolute atomic E-state index is 12.3. The number of hydrogen-bond donors (Lipinski definition) is 1. The molecule has 1 N–H and O–H groups in total. The Bertz CT molecular complexity index is 537. The van der Waals surface area contributed by atoms with Crippen molar-refractivity contribution in [3.8, 4) is 0 Å². The normalized spacial score (nSPS) is 10.0. The van der Waals surface area contributed by atoms with Crippen molar-refractivity contribution in [2.24, 2.45) is 0 Å². The number of para-hydroxylation sites is 1. The molecule has 17 heavy (non-hydrogen) atoms. The zero-order chi connectivity index (χ0) is 12.3. The Morgan fingerprint density at radius 2 is 1.76 bits per heavy atom. The molecular weight excluding hydrogens is 234 g/mol. The minimum absolute atomic E-state index is 0.0301. The van der Waals surface area contributed by atoms with Crippen LogP contribution in [0.4, 0.5) is 5.69 Å². The Hall–Kier alpha value is -1.80. The zero-order valence-electron chi connectivity index (χ0n) is 9.41. The highest BCUT2D eigenvalue weighted by Crippen LogP contribution is 2.27. The Morgan fingerprint density at radius 1 is 1.06 bits per heavy atom. The van der Waals surface area contributed by atoms with Gasteiger partial charge in [0.05, 0.1) is 10.7 Å². The molecule has 3 heteroatoms. The van der Waals surface area contributed by atoms with Crippen LogP contribution in [0.3, 0.4) is 0 Å². The van der Waals surface area contributed by atoms with Gasteiger partial charge in [0.15, 0.2) is 5.78 Å². The number of rotatable bonds is 3. The summed E-state index contributed by atoms with van der Waals surface area (Å²) in [5.41, 5.74) is 1.92. The molecule has 2 aromatic carbocycles.